The van der Waals surface area contributed by atoms with Crippen molar-refractivity contribution in [2.45, 2.75) is 25.9 Å². The number of allylic oxidation sites excluding steroid dienone is 1. The second-order valence-electron chi connectivity index (χ2n) is 2.82. The zero-order chi connectivity index (χ0) is 9.19. The first-order valence-corrected chi connectivity index (χ1v) is 3.78. The number of aldehydes is 1. The SMILES string of the molecule is CCC1(C)OC(=O)NC1=CC=O. The first-order valence-electron chi connectivity index (χ1n) is 3.78. The fourth-order valence-corrected chi connectivity index (χ4v) is 1.08. The number of ether oxygens (including phenoxy) is 1. The minimum atomic E-state index is -0.655. The smallest absolute Gasteiger partial charge is 0.412 e. The number of carbonyl (C=O) groups excluding carboxylic acids is 2. The van der Waals surface area contributed by atoms with Gasteiger partial charge in [0.2, 0.25) is 0 Å². The van der Waals surface area contributed by atoms with Crippen LogP contribution >= 0.6 is 0 Å². The molecule has 12 heavy (non-hydrogen) atoms. The Labute approximate surface area is 70.6 Å². The molecule has 0 radical (unpaired) electrons. The Kier molecular flexibility index (Phi) is 2.17. The minimum Gasteiger partial charge on any atom is -0.437 e. The maximum atomic E-state index is 10.8. The van der Waals surface area contributed by atoms with Crippen LogP contribution in [0.3, 0.4) is 0 Å². The molecule has 1 N–H and O–H groups in total. The van der Waals surface area contributed by atoms with Gasteiger partial charge in [0.05, 0.1) is 5.70 Å². The van der Waals surface area contributed by atoms with Crippen LogP contribution in [0.5, 0.6) is 0 Å². The summed E-state index contributed by atoms with van der Waals surface area (Å²) in [7, 11) is 0. The van der Waals surface area contributed by atoms with Crippen LogP contribution in [-0.4, -0.2) is 18.0 Å². The zero-order valence-electron chi connectivity index (χ0n) is 7.09. The summed E-state index contributed by atoms with van der Waals surface area (Å²) in [6.07, 6.45) is 2.10. The van der Waals surface area contributed by atoms with Crippen LogP contribution in [0, 0.1) is 0 Å². The van der Waals surface area contributed by atoms with Gasteiger partial charge < -0.3 is 4.74 Å². The zero-order valence-corrected chi connectivity index (χ0v) is 7.09. The molecule has 0 aromatic rings. The molecule has 1 rings (SSSR count). The third-order valence-corrected chi connectivity index (χ3v) is 2.03. The number of hydrogen-bond acceptors (Lipinski definition) is 3. The van der Waals surface area contributed by atoms with E-state index >= 15 is 0 Å². The molecule has 0 bridgehead atoms. The minimum absolute atomic E-state index is 0.493. The average molecular weight is 169 g/mol. The topological polar surface area (TPSA) is 55.4 Å². The van der Waals surface area contributed by atoms with E-state index in [9.17, 15) is 9.59 Å². The molecule has 66 valence electrons. The standard InChI is InChI=1S/C8H11NO3/c1-3-8(2)6(4-5-10)9-7(11)12-8/h4-5H,3H2,1-2H3,(H,9,11). The predicted molar refractivity (Wildman–Crippen MR) is 42.5 cm³/mol. The van der Waals surface area contributed by atoms with Gasteiger partial charge in [-0.05, 0) is 13.3 Å². The van der Waals surface area contributed by atoms with Gasteiger partial charge in [-0.25, -0.2) is 4.79 Å². The van der Waals surface area contributed by atoms with Gasteiger partial charge in [-0.3, -0.25) is 10.1 Å². The van der Waals surface area contributed by atoms with Gasteiger partial charge >= 0.3 is 6.09 Å². The molecule has 0 aromatic heterocycles. The van der Waals surface area contributed by atoms with Crippen molar-refractivity contribution < 1.29 is 14.3 Å². The third-order valence-electron chi connectivity index (χ3n) is 2.03. The van der Waals surface area contributed by atoms with E-state index in [1.165, 1.54) is 6.08 Å². The van der Waals surface area contributed by atoms with Gasteiger partial charge in [0.15, 0.2) is 5.60 Å². The van der Waals surface area contributed by atoms with Gasteiger partial charge in [-0.15, -0.1) is 0 Å². The Morgan fingerprint density at radius 1 is 1.67 bits per heavy atom. The highest BCUT2D eigenvalue weighted by atomic mass is 16.6. The maximum Gasteiger partial charge on any atom is 0.412 e. The summed E-state index contributed by atoms with van der Waals surface area (Å²) < 4.78 is 4.99. The number of cyclic esters (lactones) is 1. The highest BCUT2D eigenvalue weighted by Gasteiger charge is 2.38. The fourth-order valence-electron chi connectivity index (χ4n) is 1.08. The molecule has 1 fully saturated rings. The van der Waals surface area contributed by atoms with E-state index in [0.717, 1.165) is 0 Å². The molecule has 1 atom stereocenters. The lowest BCUT2D eigenvalue weighted by Crippen LogP contribution is -2.25. The summed E-state index contributed by atoms with van der Waals surface area (Å²) in [6, 6.07) is 0. The molecule has 0 spiro atoms. The van der Waals surface area contributed by atoms with Crippen LogP contribution in [0.15, 0.2) is 11.8 Å². The quantitative estimate of drug-likeness (QED) is 0.495. The number of amides is 1. The van der Waals surface area contributed by atoms with Crippen LogP contribution in [0.4, 0.5) is 4.79 Å². The normalized spacial score (nSPS) is 31.5. The van der Waals surface area contributed by atoms with Gasteiger partial charge in [-0.1, -0.05) is 6.92 Å². The van der Waals surface area contributed by atoms with Gasteiger partial charge in [0.1, 0.15) is 6.29 Å². The van der Waals surface area contributed by atoms with E-state index in [1.807, 2.05) is 6.92 Å². The van der Waals surface area contributed by atoms with Crippen molar-refractivity contribution >= 4 is 12.4 Å². The maximum absolute atomic E-state index is 10.8. The molecule has 1 amide bonds. The first-order chi connectivity index (χ1) is 5.62. The largest absolute Gasteiger partial charge is 0.437 e. The van der Waals surface area contributed by atoms with Crippen molar-refractivity contribution in [3.63, 3.8) is 0 Å². The van der Waals surface area contributed by atoms with Crippen LogP contribution in [0.2, 0.25) is 0 Å². The fraction of sp³-hybridized carbons (Fsp3) is 0.500. The molecule has 4 nitrogen and oxygen atoms in total. The molecule has 1 aliphatic rings. The van der Waals surface area contributed by atoms with Crippen LogP contribution < -0.4 is 5.32 Å². The Morgan fingerprint density at radius 2 is 2.33 bits per heavy atom. The first kappa shape index (κ1) is 8.77. The number of rotatable bonds is 2. The summed E-state index contributed by atoms with van der Waals surface area (Å²) in [4.78, 5) is 21.0. The molecular weight excluding hydrogens is 158 g/mol. The van der Waals surface area contributed by atoms with E-state index in [0.29, 0.717) is 18.4 Å². The van der Waals surface area contributed by atoms with E-state index in [2.05, 4.69) is 5.32 Å². The van der Waals surface area contributed by atoms with Gasteiger partial charge in [0, 0.05) is 6.08 Å². The van der Waals surface area contributed by atoms with Crippen molar-refractivity contribution in [2.24, 2.45) is 0 Å². The lowest BCUT2D eigenvalue weighted by atomic mass is 10.00. The van der Waals surface area contributed by atoms with Crippen LogP contribution in [-0.2, 0) is 9.53 Å². The lowest BCUT2D eigenvalue weighted by molar-refractivity contribution is -0.104. The molecule has 1 heterocycles. The second-order valence-corrected chi connectivity index (χ2v) is 2.82. The molecule has 0 aliphatic carbocycles. The lowest BCUT2D eigenvalue weighted by Gasteiger charge is -2.19. The van der Waals surface area contributed by atoms with Crippen molar-refractivity contribution in [1.29, 1.82) is 0 Å². The van der Waals surface area contributed by atoms with Crippen molar-refractivity contribution in [1.82, 2.24) is 5.32 Å². The number of hydrogen-bond donors (Lipinski definition) is 1. The molecule has 1 aliphatic heterocycles. The average Bonchev–Trinajstić information content (AvgIpc) is 2.29. The Hall–Kier alpha value is -1.32. The Morgan fingerprint density at radius 3 is 2.83 bits per heavy atom. The summed E-state index contributed by atoms with van der Waals surface area (Å²) in [5.41, 5.74) is -0.122. The summed E-state index contributed by atoms with van der Waals surface area (Å²) in [5.74, 6) is 0. The predicted octanol–water partition coefficient (Wildman–Crippen LogP) is 0.978. The molecule has 1 saturated heterocycles. The third kappa shape index (κ3) is 1.32. The van der Waals surface area contributed by atoms with Crippen LogP contribution in [0.1, 0.15) is 20.3 Å². The van der Waals surface area contributed by atoms with Crippen molar-refractivity contribution in [3.05, 3.63) is 11.8 Å². The van der Waals surface area contributed by atoms with E-state index in [-0.39, 0.29) is 0 Å². The van der Waals surface area contributed by atoms with E-state index in [1.54, 1.807) is 6.92 Å². The van der Waals surface area contributed by atoms with E-state index in [4.69, 9.17) is 4.74 Å². The molecule has 0 aromatic carbocycles. The van der Waals surface area contributed by atoms with E-state index < -0.39 is 11.7 Å². The summed E-state index contributed by atoms with van der Waals surface area (Å²) in [5, 5.41) is 2.46. The highest BCUT2D eigenvalue weighted by Crippen LogP contribution is 2.28. The van der Waals surface area contributed by atoms with Gasteiger partial charge in [-0.2, -0.15) is 0 Å². The van der Waals surface area contributed by atoms with Crippen molar-refractivity contribution in [3.8, 4) is 0 Å². The second kappa shape index (κ2) is 2.97. The number of alkyl carbamates (subject to hydrolysis) is 1. The summed E-state index contributed by atoms with van der Waals surface area (Å²) in [6.45, 7) is 3.65. The van der Waals surface area contributed by atoms with Gasteiger partial charge in [0.25, 0.3) is 0 Å². The number of carbonyl (C=O) groups is 2. The monoisotopic (exact) mass is 169 g/mol. The molecule has 4 heteroatoms. The molecular formula is C8H11NO3. The Balaban J connectivity index is 2.93. The van der Waals surface area contributed by atoms with Crippen molar-refractivity contribution in [2.75, 3.05) is 0 Å². The highest BCUT2D eigenvalue weighted by molar-refractivity contribution is 5.78. The van der Waals surface area contributed by atoms with Crippen LogP contribution in [0.25, 0.3) is 0 Å². The molecule has 0 saturated carbocycles. The summed E-state index contributed by atoms with van der Waals surface area (Å²) >= 11 is 0. The Bertz CT molecular complexity index is 247. The molecule has 1 unspecified atom stereocenters. The number of nitrogens with one attached hydrogen (secondary N) is 1.